The molecule has 0 aromatic heterocycles. The van der Waals surface area contributed by atoms with Gasteiger partial charge in [0, 0.05) is 12.1 Å². The molecular weight excluding hydrogens is 162 g/mol. The summed E-state index contributed by atoms with van der Waals surface area (Å²) in [4.78, 5) is 0. The topological polar surface area (TPSA) is 32.3 Å². The van der Waals surface area contributed by atoms with Crippen molar-refractivity contribution < 1.29 is 5.11 Å². The highest BCUT2D eigenvalue weighted by Gasteiger charge is 2.08. The Kier molecular flexibility index (Phi) is 7.29. The minimum atomic E-state index is 0.252. The first-order valence-electron chi connectivity index (χ1n) is 5.47. The molecule has 0 aromatic carbocycles. The van der Waals surface area contributed by atoms with Crippen LogP contribution in [0.2, 0.25) is 0 Å². The van der Waals surface area contributed by atoms with E-state index in [1.807, 2.05) is 0 Å². The van der Waals surface area contributed by atoms with Crippen molar-refractivity contribution in [3.63, 3.8) is 0 Å². The molecule has 0 saturated carbocycles. The maximum Gasteiger partial charge on any atom is 0.0584 e. The molecule has 0 rings (SSSR count). The van der Waals surface area contributed by atoms with Crippen LogP contribution in [-0.4, -0.2) is 23.8 Å². The SMILES string of the molecule is CC[C@H](CO)N[C@@H](C)CCC(C)C. The van der Waals surface area contributed by atoms with E-state index in [1.165, 1.54) is 12.8 Å². The largest absolute Gasteiger partial charge is 0.395 e. The lowest BCUT2D eigenvalue weighted by atomic mass is 10.0. The Morgan fingerprint density at radius 3 is 2.15 bits per heavy atom. The van der Waals surface area contributed by atoms with Crippen molar-refractivity contribution in [2.45, 2.75) is 59.0 Å². The van der Waals surface area contributed by atoms with Gasteiger partial charge in [-0.25, -0.2) is 0 Å². The van der Waals surface area contributed by atoms with Crippen molar-refractivity contribution in [3.05, 3.63) is 0 Å². The molecule has 2 heteroatoms. The van der Waals surface area contributed by atoms with Gasteiger partial charge in [0.2, 0.25) is 0 Å². The van der Waals surface area contributed by atoms with Crippen LogP contribution in [-0.2, 0) is 0 Å². The molecule has 0 aliphatic carbocycles. The zero-order valence-electron chi connectivity index (χ0n) is 9.51. The van der Waals surface area contributed by atoms with E-state index in [4.69, 9.17) is 5.11 Å². The Morgan fingerprint density at radius 1 is 1.15 bits per heavy atom. The highest BCUT2D eigenvalue weighted by Crippen LogP contribution is 2.07. The van der Waals surface area contributed by atoms with Crippen LogP contribution < -0.4 is 5.32 Å². The Morgan fingerprint density at radius 2 is 1.77 bits per heavy atom. The van der Waals surface area contributed by atoms with Crippen LogP contribution in [0.1, 0.15) is 47.0 Å². The molecule has 0 radical (unpaired) electrons. The molecular formula is C11H25NO. The molecule has 80 valence electrons. The lowest BCUT2D eigenvalue weighted by Crippen LogP contribution is -2.38. The van der Waals surface area contributed by atoms with Gasteiger partial charge >= 0.3 is 0 Å². The van der Waals surface area contributed by atoms with Gasteiger partial charge in [-0.3, -0.25) is 0 Å². The second kappa shape index (κ2) is 7.34. The van der Waals surface area contributed by atoms with E-state index < -0.39 is 0 Å². The lowest BCUT2D eigenvalue weighted by molar-refractivity contribution is 0.226. The molecule has 0 amide bonds. The maximum absolute atomic E-state index is 8.99. The van der Waals surface area contributed by atoms with Crippen molar-refractivity contribution in [1.29, 1.82) is 0 Å². The van der Waals surface area contributed by atoms with Gasteiger partial charge in [-0.05, 0) is 32.1 Å². The molecule has 13 heavy (non-hydrogen) atoms. The molecule has 0 heterocycles. The Labute approximate surface area is 82.7 Å². The van der Waals surface area contributed by atoms with E-state index in [9.17, 15) is 0 Å². The van der Waals surface area contributed by atoms with Crippen LogP contribution in [0.5, 0.6) is 0 Å². The normalized spacial score (nSPS) is 16.2. The van der Waals surface area contributed by atoms with E-state index in [2.05, 4.69) is 33.0 Å². The van der Waals surface area contributed by atoms with Gasteiger partial charge in [0.05, 0.1) is 6.61 Å². The Hall–Kier alpha value is -0.0800. The van der Waals surface area contributed by atoms with Crippen LogP contribution in [0.4, 0.5) is 0 Å². The number of hydrogen-bond donors (Lipinski definition) is 2. The first-order chi connectivity index (χ1) is 6.10. The molecule has 0 spiro atoms. The average molecular weight is 187 g/mol. The molecule has 2 nitrogen and oxygen atoms in total. The molecule has 0 aliphatic heterocycles. The van der Waals surface area contributed by atoms with Gasteiger partial charge in [-0.2, -0.15) is 0 Å². The summed E-state index contributed by atoms with van der Waals surface area (Å²) in [7, 11) is 0. The lowest BCUT2D eigenvalue weighted by Gasteiger charge is -2.21. The van der Waals surface area contributed by atoms with E-state index in [0.717, 1.165) is 12.3 Å². The number of aliphatic hydroxyl groups is 1. The molecule has 0 bridgehead atoms. The third kappa shape index (κ3) is 7.03. The fraction of sp³-hybridized carbons (Fsp3) is 1.00. The Bertz CT molecular complexity index is 111. The highest BCUT2D eigenvalue weighted by molar-refractivity contribution is 4.69. The van der Waals surface area contributed by atoms with Gasteiger partial charge in [0.25, 0.3) is 0 Å². The summed E-state index contributed by atoms with van der Waals surface area (Å²) in [6, 6.07) is 0.807. The number of nitrogens with one attached hydrogen (secondary N) is 1. The summed E-state index contributed by atoms with van der Waals surface area (Å²) < 4.78 is 0. The summed E-state index contributed by atoms with van der Waals surface area (Å²) in [5.74, 6) is 0.776. The maximum atomic E-state index is 8.99. The zero-order valence-corrected chi connectivity index (χ0v) is 9.51. The van der Waals surface area contributed by atoms with E-state index >= 15 is 0 Å². The van der Waals surface area contributed by atoms with Crippen LogP contribution in [0.25, 0.3) is 0 Å². The quantitative estimate of drug-likeness (QED) is 0.640. The van der Waals surface area contributed by atoms with Gasteiger partial charge in [0.1, 0.15) is 0 Å². The Balaban J connectivity index is 3.53. The van der Waals surface area contributed by atoms with E-state index in [-0.39, 0.29) is 12.6 Å². The smallest absolute Gasteiger partial charge is 0.0584 e. The van der Waals surface area contributed by atoms with E-state index in [0.29, 0.717) is 6.04 Å². The molecule has 0 fully saturated rings. The van der Waals surface area contributed by atoms with Gasteiger partial charge < -0.3 is 10.4 Å². The molecule has 0 saturated heterocycles. The second-order valence-electron chi connectivity index (χ2n) is 4.33. The summed E-state index contributed by atoms with van der Waals surface area (Å²) in [5.41, 5.74) is 0. The van der Waals surface area contributed by atoms with Crippen molar-refractivity contribution in [3.8, 4) is 0 Å². The second-order valence-corrected chi connectivity index (χ2v) is 4.33. The molecule has 0 aromatic rings. The molecule has 0 aliphatic rings. The fourth-order valence-electron chi connectivity index (χ4n) is 1.37. The number of aliphatic hydroxyl groups excluding tert-OH is 1. The third-order valence-corrected chi connectivity index (χ3v) is 2.41. The van der Waals surface area contributed by atoms with Crippen molar-refractivity contribution in [1.82, 2.24) is 5.32 Å². The number of hydrogen-bond acceptors (Lipinski definition) is 2. The van der Waals surface area contributed by atoms with Gasteiger partial charge in [0.15, 0.2) is 0 Å². The van der Waals surface area contributed by atoms with Crippen molar-refractivity contribution >= 4 is 0 Å². The van der Waals surface area contributed by atoms with Crippen LogP contribution in [0.3, 0.4) is 0 Å². The van der Waals surface area contributed by atoms with Crippen molar-refractivity contribution in [2.24, 2.45) is 5.92 Å². The first-order valence-corrected chi connectivity index (χ1v) is 5.47. The van der Waals surface area contributed by atoms with Crippen LogP contribution in [0.15, 0.2) is 0 Å². The minimum Gasteiger partial charge on any atom is -0.395 e. The highest BCUT2D eigenvalue weighted by atomic mass is 16.3. The summed E-state index contributed by atoms with van der Waals surface area (Å²) >= 11 is 0. The molecule has 2 atom stereocenters. The predicted octanol–water partition coefficient (Wildman–Crippen LogP) is 2.17. The van der Waals surface area contributed by atoms with Gasteiger partial charge in [-0.15, -0.1) is 0 Å². The van der Waals surface area contributed by atoms with Crippen molar-refractivity contribution in [2.75, 3.05) is 6.61 Å². The van der Waals surface area contributed by atoms with Crippen LogP contribution in [0, 0.1) is 5.92 Å². The van der Waals surface area contributed by atoms with Crippen LogP contribution >= 0.6 is 0 Å². The summed E-state index contributed by atoms with van der Waals surface area (Å²) in [6.45, 7) is 9.04. The molecule has 2 N–H and O–H groups in total. The first kappa shape index (κ1) is 12.9. The van der Waals surface area contributed by atoms with Gasteiger partial charge in [-0.1, -0.05) is 20.8 Å². The van der Waals surface area contributed by atoms with E-state index in [1.54, 1.807) is 0 Å². The number of rotatable bonds is 7. The summed E-state index contributed by atoms with van der Waals surface area (Å²) in [6.07, 6.45) is 3.46. The fourth-order valence-corrected chi connectivity index (χ4v) is 1.37. The average Bonchev–Trinajstić information content (AvgIpc) is 2.10. The zero-order chi connectivity index (χ0) is 10.3. The predicted molar refractivity (Wildman–Crippen MR) is 57.8 cm³/mol. The molecule has 0 unspecified atom stereocenters. The summed E-state index contributed by atoms with van der Waals surface area (Å²) in [5, 5.41) is 12.4. The minimum absolute atomic E-state index is 0.252. The monoisotopic (exact) mass is 187 g/mol. The third-order valence-electron chi connectivity index (χ3n) is 2.41. The standard InChI is InChI=1S/C11H25NO/c1-5-11(8-13)12-10(4)7-6-9(2)3/h9-13H,5-8H2,1-4H3/t10-,11+/m0/s1.